The highest BCUT2D eigenvalue weighted by Crippen LogP contribution is 2.36. The SMILES string of the molecule is CCCNc1cc(NC2CC2CC)nc(C(F)(F)F)n1. The predicted molar refractivity (Wildman–Crippen MR) is 71.6 cm³/mol. The highest BCUT2D eigenvalue weighted by molar-refractivity contribution is 5.49. The van der Waals surface area contributed by atoms with Crippen molar-refractivity contribution in [3.05, 3.63) is 11.9 Å². The van der Waals surface area contributed by atoms with Crippen LogP contribution in [0.15, 0.2) is 6.07 Å². The van der Waals surface area contributed by atoms with E-state index in [1.54, 1.807) is 0 Å². The molecule has 4 nitrogen and oxygen atoms in total. The predicted octanol–water partition coefficient (Wildman–Crippen LogP) is 3.53. The average Bonchev–Trinajstić information content (AvgIpc) is 3.13. The van der Waals surface area contributed by atoms with Gasteiger partial charge in [0, 0.05) is 18.7 Å². The van der Waals surface area contributed by atoms with E-state index in [4.69, 9.17) is 0 Å². The molecule has 1 fully saturated rings. The van der Waals surface area contributed by atoms with Crippen LogP contribution in [0, 0.1) is 5.92 Å². The molecule has 2 rings (SSSR count). The summed E-state index contributed by atoms with van der Waals surface area (Å²) < 4.78 is 38.4. The van der Waals surface area contributed by atoms with Crippen molar-refractivity contribution in [3.8, 4) is 0 Å². The van der Waals surface area contributed by atoms with Gasteiger partial charge in [0.1, 0.15) is 11.6 Å². The quantitative estimate of drug-likeness (QED) is 0.841. The van der Waals surface area contributed by atoms with Gasteiger partial charge in [0.25, 0.3) is 0 Å². The normalized spacial score (nSPS) is 21.6. The number of alkyl halides is 3. The maximum atomic E-state index is 12.8. The van der Waals surface area contributed by atoms with Crippen LogP contribution in [0.1, 0.15) is 38.9 Å². The number of halogens is 3. The second kappa shape index (κ2) is 5.85. The van der Waals surface area contributed by atoms with Crippen LogP contribution in [0.25, 0.3) is 0 Å². The molecule has 20 heavy (non-hydrogen) atoms. The Morgan fingerprint density at radius 3 is 2.50 bits per heavy atom. The van der Waals surface area contributed by atoms with E-state index < -0.39 is 12.0 Å². The topological polar surface area (TPSA) is 49.8 Å². The largest absolute Gasteiger partial charge is 0.451 e. The number of hydrogen-bond donors (Lipinski definition) is 2. The van der Waals surface area contributed by atoms with Gasteiger partial charge in [0.15, 0.2) is 0 Å². The molecular weight excluding hydrogens is 269 g/mol. The van der Waals surface area contributed by atoms with E-state index in [0.717, 1.165) is 19.3 Å². The summed E-state index contributed by atoms with van der Waals surface area (Å²) in [5.41, 5.74) is 0. The molecule has 1 saturated carbocycles. The third-order valence-electron chi connectivity index (χ3n) is 3.32. The number of rotatable bonds is 6. The van der Waals surface area contributed by atoms with Crippen molar-refractivity contribution in [2.24, 2.45) is 5.92 Å². The van der Waals surface area contributed by atoms with Gasteiger partial charge in [-0.15, -0.1) is 0 Å². The molecule has 7 heteroatoms. The van der Waals surface area contributed by atoms with Crippen molar-refractivity contribution in [1.29, 1.82) is 0 Å². The van der Waals surface area contributed by atoms with E-state index >= 15 is 0 Å². The molecule has 0 radical (unpaired) electrons. The first-order chi connectivity index (χ1) is 9.44. The van der Waals surface area contributed by atoms with Crippen LogP contribution in [0.4, 0.5) is 24.8 Å². The first-order valence-corrected chi connectivity index (χ1v) is 6.90. The highest BCUT2D eigenvalue weighted by atomic mass is 19.4. The smallest absolute Gasteiger partial charge is 0.370 e. The monoisotopic (exact) mass is 288 g/mol. The van der Waals surface area contributed by atoms with E-state index in [-0.39, 0.29) is 17.7 Å². The molecule has 1 aromatic rings. The molecule has 1 heterocycles. The van der Waals surface area contributed by atoms with Crippen LogP contribution in [0.5, 0.6) is 0 Å². The Balaban J connectivity index is 2.16. The Labute approximate surface area is 116 Å². The van der Waals surface area contributed by atoms with Crippen LogP contribution in [0.3, 0.4) is 0 Å². The number of aromatic nitrogens is 2. The Morgan fingerprint density at radius 1 is 1.25 bits per heavy atom. The fourth-order valence-corrected chi connectivity index (χ4v) is 2.06. The summed E-state index contributed by atoms with van der Waals surface area (Å²) in [6, 6.07) is 1.77. The Bertz CT molecular complexity index is 461. The average molecular weight is 288 g/mol. The zero-order chi connectivity index (χ0) is 14.8. The number of hydrogen-bond acceptors (Lipinski definition) is 4. The zero-order valence-corrected chi connectivity index (χ0v) is 11.6. The van der Waals surface area contributed by atoms with Gasteiger partial charge in [0.05, 0.1) is 0 Å². The van der Waals surface area contributed by atoms with Crippen molar-refractivity contribution in [1.82, 2.24) is 9.97 Å². The number of anilines is 2. The zero-order valence-electron chi connectivity index (χ0n) is 11.6. The molecule has 2 atom stereocenters. The summed E-state index contributed by atoms with van der Waals surface area (Å²) in [7, 11) is 0. The first kappa shape index (κ1) is 14.9. The lowest BCUT2D eigenvalue weighted by Gasteiger charge is -2.12. The third-order valence-corrected chi connectivity index (χ3v) is 3.32. The van der Waals surface area contributed by atoms with Crippen LogP contribution in [-0.4, -0.2) is 22.6 Å². The highest BCUT2D eigenvalue weighted by Gasteiger charge is 2.38. The third kappa shape index (κ3) is 3.74. The Kier molecular flexibility index (Phi) is 4.35. The van der Waals surface area contributed by atoms with Gasteiger partial charge in [-0.3, -0.25) is 0 Å². The number of nitrogens with zero attached hydrogens (tertiary/aromatic N) is 2. The maximum absolute atomic E-state index is 12.8. The molecule has 0 spiro atoms. The van der Waals surface area contributed by atoms with Gasteiger partial charge in [-0.05, 0) is 18.8 Å². The summed E-state index contributed by atoms with van der Waals surface area (Å²) in [6.07, 6.45) is -1.71. The molecule has 0 aromatic carbocycles. The van der Waals surface area contributed by atoms with Crippen molar-refractivity contribution in [2.75, 3.05) is 17.2 Å². The minimum absolute atomic E-state index is 0.213. The standard InChI is InChI=1S/C13H19F3N4/c1-3-5-17-10-7-11(18-9-6-8(9)4-2)20-12(19-10)13(14,15)16/h7-9H,3-6H2,1-2H3,(H2,17,18,19,20). The fourth-order valence-electron chi connectivity index (χ4n) is 2.06. The minimum atomic E-state index is -4.53. The molecule has 1 aliphatic carbocycles. The Morgan fingerprint density at radius 2 is 1.95 bits per heavy atom. The minimum Gasteiger partial charge on any atom is -0.370 e. The Hall–Kier alpha value is -1.53. The molecule has 0 saturated heterocycles. The van der Waals surface area contributed by atoms with Gasteiger partial charge in [-0.1, -0.05) is 20.3 Å². The summed E-state index contributed by atoms with van der Waals surface area (Å²) in [4.78, 5) is 7.10. The van der Waals surface area contributed by atoms with Gasteiger partial charge in [0.2, 0.25) is 5.82 Å². The van der Waals surface area contributed by atoms with E-state index in [2.05, 4.69) is 27.5 Å². The van der Waals surface area contributed by atoms with Gasteiger partial charge in [-0.2, -0.15) is 13.2 Å². The van der Waals surface area contributed by atoms with Crippen LogP contribution < -0.4 is 10.6 Å². The van der Waals surface area contributed by atoms with E-state index in [0.29, 0.717) is 12.5 Å². The molecule has 0 bridgehead atoms. The van der Waals surface area contributed by atoms with E-state index in [1.807, 2.05) is 6.92 Å². The summed E-state index contributed by atoms with van der Waals surface area (Å²) in [6.45, 7) is 4.59. The summed E-state index contributed by atoms with van der Waals surface area (Å²) >= 11 is 0. The second-order valence-corrected chi connectivity index (χ2v) is 5.04. The van der Waals surface area contributed by atoms with Crippen molar-refractivity contribution in [3.63, 3.8) is 0 Å². The van der Waals surface area contributed by atoms with E-state index in [1.165, 1.54) is 6.07 Å². The molecule has 1 aromatic heterocycles. The number of nitrogens with one attached hydrogen (secondary N) is 2. The molecule has 2 N–H and O–H groups in total. The fraction of sp³-hybridized carbons (Fsp3) is 0.692. The van der Waals surface area contributed by atoms with Crippen molar-refractivity contribution < 1.29 is 13.2 Å². The lowest BCUT2D eigenvalue weighted by Crippen LogP contribution is -2.16. The van der Waals surface area contributed by atoms with Gasteiger partial charge >= 0.3 is 6.18 Å². The summed E-state index contributed by atoms with van der Waals surface area (Å²) in [5.74, 6) is -0.113. The maximum Gasteiger partial charge on any atom is 0.451 e. The molecule has 0 amide bonds. The van der Waals surface area contributed by atoms with Crippen LogP contribution in [0.2, 0.25) is 0 Å². The molecule has 1 aliphatic rings. The lowest BCUT2D eigenvalue weighted by atomic mass is 10.3. The first-order valence-electron chi connectivity index (χ1n) is 6.90. The van der Waals surface area contributed by atoms with Crippen LogP contribution in [-0.2, 0) is 6.18 Å². The lowest BCUT2D eigenvalue weighted by molar-refractivity contribution is -0.144. The van der Waals surface area contributed by atoms with E-state index in [9.17, 15) is 13.2 Å². The van der Waals surface area contributed by atoms with Crippen LogP contribution >= 0.6 is 0 Å². The molecule has 0 aliphatic heterocycles. The molecule has 2 unspecified atom stereocenters. The molecule has 112 valence electrons. The van der Waals surface area contributed by atoms with Gasteiger partial charge in [-0.25, -0.2) is 9.97 Å². The molecular formula is C13H19F3N4. The van der Waals surface area contributed by atoms with Crippen molar-refractivity contribution in [2.45, 2.75) is 45.3 Å². The van der Waals surface area contributed by atoms with Crippen molar-refractivity contribution >= 4 is 11.6 Å². The van der Waals surface area contributed by atoms with Gasteiger partial charge < -0.3 is 10.6 Å². The second-order valence-electron chi connectivity index (χ2n) is 5.04. The summed E-state index contributed by atoms with van der Waals surface area (Å²) in [5, 5.41) is 5.93.